The minimum absolute atomic E-state index is 0.774. The highest BCUT2D eigenvalue weighted by atomic mass is 32.1. The van der Waals surface area contributed by atoms with E-state index in [2.05, 4.69) is 36.0 Å². The fourth-order valence-corrected chi connectivity index (χ4v) is 3.81. The molecule has 0 aliphatic heterocycles. The van der Waals surface area contributed by atoms with E-state index in [1.807, 2.05) is 11.3 Å². The Kier molecular flexibility index (Phi) is 5.71. The van der Waals surface area contributed by atoms with Gasteiger partial charge in [0.1, 0.15) is 0 Å². The summed E-state index contributed by atoms with van der Waals surface area (Å²) in [7, 11) is 0. The van der Waals surface area contributed by atoms with Crippen LogP contribution in [0, 0.1) is 17.8 Å². The Bertz CT molecular complexity index is 318. The first-order chi connectivity index (χ1) is 8.75. The summed E-state index contributed by atoms with van der Waals surface area (Å²) in [6.45, 7) is 6.99. The van der Waals surface area contributed by atoms with Gasteiger partial charge >= 0.3 is 0 Å². The topological polar surface area (TPSA) is 12.0 Å². The molecule has 2 heteroatoms. The zero-order valence-electron chi connectivity index (χ0n) is 11.8. The van der Waals surface area contributed by atoms with Crippen molar-refractivity contribution in [1.82, 2.24) is 5.32 Å². The number of rotatable bonds is 7. The van der Waals surface area contributed by atoms with Gasteiger partial charge in [0, 0.05) is 0 Å². The summed E-state index contributed by atoms with van der Waals surface area (Å²) in [5.74, 6) is 2.67. The number of hydrogen-bond acceptors (Lipinski definition) is 2. The van der Waals surface area contributed by atoms with Crippen LogP contribution in [0.4, 0.5) is 0 Å². The summed E-state index contributed by atoms with van der Waals surface area (Å²) >= 11 is 1.83. The fraction of sp³-hybridized carbons (Fsp3) is 0.750. The first kappa shape index (κ1) is 14.1. The monoisotopic (exact) mass is 265 g/mol. The Morgan fingerprint density at radius 2 is 2.17 bits per heavy atom. The molecule has 1 aromatic rings. The van der Waals surface area contributed by atoms with Crippen molar-refractivity contribution in [2.75, 3.05) is 13.1 Å². The SMILES string of the molecule is CC(C)CNCC1CCCC1CCc1ccsc1. The van der Waals surface area contributed by atoms with Crippen molar-refractivity contribution < 1.29 is 0 Å². The highest BCUT2D eigenvalue weighted by Gasteiger charge is 2.26. The van der Waals surface area contributed by atoms with Crippen LogP contribution in [0.3, 0.4) is 0 Å². The lowest BCUT2D eigenvalue weighted by Crippen LogP contribution is -2.28. The maximum Gasteiger partial charge on any atom is -0.00178 e. The van der Waals surface area contributed by atoms with Gasteiger partial charge in [-0.15, -0.1) is 0 Å². The highest BCUT2D eigenvalue weighted by molar-refractivity contribution is 7.07. The molecule has 1 nitrogen and oxygen atoms in total. The van der Waals surface area contributed by atoms with Crippen molar-refractivity contribution in [3.05, 3.63) is 22.4 Å². The lowest BCUT2D eigenvalue weighted by atomic mass is 9.90. The molecule has 1 heterocycles. The molecule has 1 N–H and O–H groups in total. The van der Waals surface area contributed by atoms with Gasteiger partial charge in [0.05, 0.1) is 0 Å². The second-order valence-electron chi connectivity index (χ2n) is 6.17. The van der Waals surface area contributed by atoms with Gasteiger partial charge in [-0.1, -0.05) is 26.7 Å². The molecule has 0 saturated heterocycles. The minimum atomic E-state index is 0.774. The molecular formula is C16H27NS. The Morgan fingerprint density at radius 1 is 1.33 bits per heavy atom. The molecule has 1 fully saturated rings. The molecule has 2 rings (SSSR count). The van der Waals surface area contributed by atoms with E-state index < -0.39 is 0 Å². The molecule has 1 aromatic heterocycles. The number of hydrogen-bond donors (Lipinski definition) is 1. The van der Waals surface area contributed by atoms with Crippen molar-refractivity contribution >= 4 is 11.3 Å². The van der Waals surface area contributed by atoms with E-state index in [-0.39, 0.29) is 0 Å². The van der Waals surface area contributed by atoms with E-state index in [1.165, 1.54) is 45.2 Å². The Balaban J connectivity index is 1.70. The summed E-state index contributed by atoms with van der Waals surface area (Å²) in [6, 6.07) is 2.28. The first-order valence-corrected chi connectivity index (χ1v) is 8.41. The third-order valence-electron chi connectivity index (χ3n) is 4.16. The van der Waals surface area contributed by atoms with E-state index in [4.69, 9.17) is 0 Å². The predicted molar refractivity (Wildman–Crippen MR) is 81.2 cm³/mol. The second kappa shape index (κ2) is 7.30. The van der Waals surface area contributed by atoms with Crippen LogP contribution in [0.15, 0.2) is 16.8 Å². The highest BCUT2D eigenvalue weighted by Crippen LogP contribution is 2.34. The molecule has 1 aliphatic rings. The Morgan fingerprint density at radius 3 is 2.89 bits per heavy atom. The van der Waals surface area contributed by atoms with Crippen molar-refractivity contribution in [3.63, 3.8) is 0 Å². The molecule has 0 bridgehead atoms. The van der Waals surface area contributed by atoms with E-state index in [0.29, 0.717) is 0 Å². The van der Waals surface area contributed by atoms with E-state index in [9.17, 15) is 0 Å². The van der Waals surface area contributed by atoms with Crippen molar-refractivity contribution in [1.29, 1.82) is 0 Å². The van der Waals surface area contributed by atoms with Crippen LogP contribution in [0.1, 0.15) is 45.1 Å². The average Bonchev–Trinajstić information content (AvgIpc) is 2.96. The van der Waals surface area contributed by atoms with Crippen LogP contribution >= 0.6 is 11.3 Å². The van der Waals surface area contributed by atoms with Crippen LogP contribution < -0.4 is 5.32 Å². The summed E-state index contributed by atoms with van der Waals surface area (Å²) < 4.78 is 0. The fourth-order valence-electron chi connectivity index (χ4n) is 3.11. The zero-order chi connectivity index (χ0) is 12.8. The van der Waals surface area contributed by atoms with Crippen molar-refractivity contribution in [3.8, 4) is 0 Å². The predicted octanol–water partition coefficient (Wildman–Crippen LogP) is 4.34. The molecule has 0 amide bonds. The standard InChI is InChI=1S/C16H27NS/c1-13(2)10-17-11-16-5-3-4-15(16)7-6-14-8-9-18-12-14/h8-9,12-13,15-17H,3-7,10-11H2,1-2H3. The maximum absolute atomic E-state index is 3.65. The Labute approximate surface area is 116 Å². The normalized spacial score (nSPS) is 23.9. The number of aryl methyl sites for hydroxylation is 1. The van der Waals surface area contributed by atoms with Crippen molar-refractivity contribution in [2.24, 2.45) is 17.8 Å². The maximum atomic E-state index is 3.65. The third-order valence-corrected chi connectivity index (χ3v) is 4.89. The zero-order valence-corrected chi connectivity index (χ0v) is 12.6. The molecule has 0 radical (unpaired) electrons. The molecule has 0 aromatic carbocycles. The molecule has 18 heavy (non-hydrogen) atoms. The van der Waals surface area contributed by atoms with Crippen molar-refractivity contribution in [2.45, 2.75) is 46.0 Å². The molecule has 1 saturated carbocycles. The minimum Gasteiger partial charge on any atom is -0.316 e. The molecule has 2 atom stereocenters. The lowest BCUT2D eigenvalue weighted by molar-refractivity contribution is 0.341. The van der Waals surface area contributed by atoms with Crippen LogP contribution in [-0.4, -0.2) is 13.1 Å². The van der Waals surface area contributed by atoms with E-state index in [1.54, 1.807) is 5.56 Å². The van der Waals surface area contributed by atoms with Gasteiger partial charge in [-0.25, -0.2) is 0 Å². The molecular weight excluding hydrogens is 238 g/mol. The molecule has 1 aliphatic carbocycles. The van der Waals surface area contributed by atoms with Gasteiger partial charge in [0.2, 0.25) is 0 Å². The molecule has 0 spiro atoms. The largest absolute Gasteiger partial charge is 0.316 e. The van der Waals surface area contributed by atoms with E-state index in [0.717, 1.165) is 17.8 Å². The van der Waals surface area contributed by atoms with Gasteiger partial charge in [-0.3, -0.25) is 0 Å². The third kappa shape index (κ3) is 4.40. The summed E-state index contributed by atoms with van der Waals surface area (Å²) in [5, 5.41) is 8.16. The van der Waals surface area contributed by atoms with Crippen LogP contribution in [0.25, 0.3) is 0 Å². The van der Waals surface area contributed by atoms with Crippen LogP contribution in [-0.2, 0) is 6.42 Å². The molecule has 2 unspecified atom stereocenters. The van der Waals surface area contributed by atoms with Gasteiger partial charge < -0.3 is 5.32 Å². The van der Waals surface area contributed by atoms with Gasteiger partial charge in [-0.2, -0.15) is 11.3 Å². The average molecular weight is 265 g/mol. The summed E-state index contributed by atoms with van der Waals surface area (Å²) in [4.78, 5) is 0. The summed E-state index contributed by atoms with van der Waals surface area (Å²) in [5.41, 5.74) is 1.54. The Hall–Kier alpha value is -0.340. The lowest BCUT2D eigenvalue weighted by Gasteiger charge is -2.20. The second-order valence-corrected chi connectivity index (χ2v) is 6.95. The summed E-state index contributed by atoms with van der Waals surface area (Å²) in [6.07, 6.45) is 7.03. The van der Waals surface area contributed by atoms with Crippen LogP contribution in [0.2, 0.25) is 0 Å². The van der Waals surface area contributed by atoms with Gasteiger partial charge in [0.25, 0.3) is 0 Å². The van der Waals surface area contributed by atoms with Crippen LogP contribution in [0.5, 0.6) is 0 Å². The van der Waals surface area contributed by atoms with E-state index >= 15 is 0 Å². The number of nitrogens with one attached hydrogen (secondary N) is 1. The van der Waals surface area contributed by atoms with Gasteiger partial charge in [0.15, 0.2) is 0 Å². The molecule has 102 valence electrons. The first-order valence-electron chi connectivity index (χ1n) is 7.47. The smallest absolute Gasteiger partial charge is 0.00178 e. The van der Waals surface area contributed by atoms with Gasteiger partial charge in [-0.05, 0) is 72.5 Å². The number of thiophene rings is 1. The quantitative estimate of drug-likeness (QED) is 0.773.